The van der Waals surface area contributed by atoms with E-state index in [9.17, 15) is 19.7 Å². The number of methoxy groups -OCH3 is 1. The van der Waals surface area contributed by atoms with Crippen LogP contribution in [0.15, 0.2) is 45.5 Å². The molecular weight excluding hydrogens is 500 g/mol. The smallest absolute Gasteiger partial charge is 0.363 e. The number of aryl methyl sites for hydroxylation is 1. The van der Waals surface area contributed by atoms with E-state index >= 15 is 0 Å². The molecule has 11 heteroatoms. The number of benzene rings is 2. The van der Waals surface area contributed by atoms with Crippen molar-refractivity contribution in [2.45, 2.75) is 13.8 Å². The maximum Gasteiger partial charge on any atom is 0.363 e. The molecule has 0 saturated heterocycles. The van der Waals surface area contributed by atoms with Gasteiger partial charge in [-0.25, -0.2) is 14.6 Å². The number of nitro benzene ring substituents is 1. The van der Waals surface area contributed by atoms with Crippen LogP contribution in [0.1, 0.15) is 23.6 Å². The minimum Gasteiger partial charge on any atom is -0.490 e. The lowest BCUT2D eigenvalue weighted by Crippen LogP contribution is -2.13. The molecule has 10 nitrogen and oxygen atoms in total. The maximum absolute atomic E-state index is 12.4. The van der Waals surface area contributed by atoms with Crippen molar-refractivity contribution >= 4 is 45.5 Å². The molecule has 1 aliphatic rings. The Morgan fingerprint density at radius 1 is 1.27 bits per heavy atom. The van der Waals surface area contributed by atoms with Crippen molar-refractivity contribution in [3.63, 3.8) is 0 Å². The van der Waals surface area contributed by atoms with E-state index in [1.165, 1.54) is 31.4 Å². The number of nitro groups is 1. The zero-order chi connectivity index (χ0) is 24.1. The average Bonchev–Trinajstić information content (AvgIpc) is 3.13. The van der Waals surface area contributed by atoms with Crippen molar-refractivity contribution in [1.82, 2.24) is 0 Å². The van der Waals surface area contributed by atoms with Crippen LogP contribution in [0.4, 0.5) is 5.69 Å². The SMILES string of the molecule is CCOc1cc(/C=C2\N=C(c3ccc([N+](=O)[O-])c(C)c3)OC2=O)cc(Br)c1OCC(=O)OC. The van der Waals surface area contributed by atoms with Crippen LogP contribution in [0.3, 0.4) is 0 Å². The summed E-state index contributed by atoms with van der Waals surface area (Å²) in [6.07, 6.45) is 1.50. The molecular formula is C22H19BrN2O8. The largest absolute Gasteiger partial charge is 0.490 e. The monoisotopic (exact) mass is 518 g/mol. The van der Waals surface area contributed by atoms with Gasteiger partial charge in [-0.05, 0) is 65.7 Å². The fourth-order valence-electron chi connectivity index (χ4n) is 2.95. The van der Waals surface area contributed by atoms with Gasteiger partial charge in [0, 0.05) is 17.2 Å². The van der Waals surface area contributed by atoms with Crippen molar-refractivity contribution in [2.24, 2.45) is 4.99 Å². The summed E-state index contributed by atoms with van der Waals surface area (Å²) in [6.45, 7) is 3.42. The lowest BCUT2D eigenvalue weighted by Gasteiger charge is -2.14. The van der Waals surface area contributed by atoms with Gasteiger partial charge in [-0.3, -0.25) is 10.1 Å². The van der Waals surface area contributed by atoms with Gasteiger partial charge in [0.1, 0.15) is 0 Å². The quantitative estimate of drug-likeness (QED) is 0.222. The normalized spacial score (nSPS) is 14.0. The highest BCUT2D eigenvalue weighted by atomic mass is 79.9. The van der Waals surface area contributed by atoms with Crippen LogP contribution in [-0.4, -0.2) is 43.1 Å². The van der Waals surface area contributed by atoms with Gasteiger partial charge in [-0.15, -0.1) is 0 Å². The first-order valence-corrected chi connectivity index (χ1v) is 10.5. The summed E-state index contributed by atoms with van der Waals surface area (Å²) in [5, 5.41) is 11.0. The fourth-order valence-corrected chi connectivity index (χ4v) is 3.52. The predicted molar refractivity (Wildman–Crippen MR) is 121 cm³/mol. The summed E-state index contributed by atoms with van der Waals surface area (Å²) in [5.41, 5.74) is 1.42. The Morgan fingerprint density at radius 2 is 2.03 bits per heavy atom. The van der Waals surface area contributed by atoms with E-state index in [2.05, 4.69) is 25.7 Å². The third-order valence-corrected chi connectivity index (χ3v) is 5.05. The van der Waals surface area contributed by atoms with Crippen LogP contribution >= 0.6 is 15.9 Å². The minimum absolute atomic E-state index is 0.0396. The van der Waals surface area contributed by atoms with Crippen molar-refractivity contribution in [3.05, 3.63) is 67.3 Å². The van der Waals surface area contributed by atoms with Crippen LogP contribution in [0.25, 0.3) is 6.08 Å². The van der Waals surface area contributed by atoms with Gasteiger partial charge in [-0.2, -0.15) is 0 Å². The molecule has 2 aromatic rings. The molecule has 2 aromatic carbocycles. The van der Waals surface area contributed by atoms with E-state index in [1.807, 2.05) is 0 Å². The second kappa shape index (κ2) is 10.3. The first-order valence-electron chi connectivity index (χ1n) is 9.67. The average molecular weight is 519 g/mol. The zero-order valence-electron chi connectivity index (χ0n) is 17.9. The van der Waals surface area contributed by atoms with E-state index in [0.717, 1.165) is 0 Å². The predicted octanol–water partition coefficient (Wildman–Crippen LogP) is 3.96. The molecule has 0 unspecified atom stereocenters. The van der Waals surface area contributed by atoms with Gasteiger partial charge < -0.3 is 18.9 Å². The van der Waals surface area contributed by atoms with Gasteiger partial charge in [-0.1, -0.05) is 0 Å². The van der Waals surface area contributed by atoms with E-state index in [4.69, 9.17) is 14.2 Å². The number of carbonyl (C=O) groups is 2. The molecule has 0 saturated carbocycles. The van der Waals surface area contributed by atoms with Crippen LogP contribution in [-0.2, 0) is 19.1 Å². The Morgan fingerprint density at radius 3 is 2.67 bits per heavy atom. The molecule has 0 bridgehead atoms. The number of rotatable bonds is 8. The van der Waals surface area contributed by atoms with Gasteiger partial charge in [0.25, 0.3) is 5.69 Å². The third-order valence-electron chi connectivity index (χ3n) is 4.46. The van der Waals surface area contributed by atoms with Crippen LogP contribution in [0.5, 0.6) is 11.5 Å². The number of hydrogen-bond donors (Lipinski definition) is 0. The Hall–Kier alpha value is -3.73. The van der Waals surface area contributed by atoms with Crippen molar-refractivity contribution in [3.8, 4) is 11.5 Å². The van der Waals surface area contributed by atoms with Crippen molar-refractivity contribution in [1.29, 1.82) is 0 Å². The van der Waals surface area contributed by atoms with Gasteiger partial charge in [0.2, 0.25) is 5.90 Å². The van der Waals surface area contributed by atoms with Crippen molar-refractivity contribution < 1.29 is 33.5 Å². The summed E-state index contributed by atoms with van der Waals surface area (Å²) >= 11 is 3.39. The molecule has 0 amide bonds. The molecule has 0 atom stereocenters. The number of esters is 2. The van der Waals surface area contributed by atoms with Gasteiger partial charge in [0.15, 0.2) is 23.8 Å². The Labute approximate surface area is 197 Å². The van der Waals surface area contributed by atoms with Crippen LogP contribution in [0.2, 0.25) is 0 Å². The molecule has 33 heavy (non-hydrogen) atoms. The number of halogens is 1. The summed E-state index contributed by atoms with van der Waals surface area (Å²) in [5.74, 6) is -0.506. The summed E-state index contributed by atoms with van der Waals surface area (Å²) in [7, 11) is 1.26. The first kappa shape index (κ1) is 23.9. The molecule has 0 spiro atoms. The Bertz CT molecular complexity index is 1190. The molecule has 0 aliphatic carbocycles. The molecule has 3 rings (SSSR count). The molecule has 0 fully saturated rings. The summed E-state index contributed by atoms with van der Waals surface area (Å²) < 4.78 is 21.4. The zero-order valence-corrected chi connectivity index (χ0v) is 19.5. The van der Waals surface area contributed by atoms with Gasteiger partial charge >= 0.3 is 11.9 Å². The molecule has 0 aromatic heterocycles. The maximum atomic E-state index is 12.4. The van der Waals surface area contributed by atoms with Crippen LogP contribution < -0.4 is 9.47 Å². The lowest BCUT2D eigenvalue weighted by atomic mass is 10.1. The highest BCUT2D eigenvalue weighted by molar-refractivity contribution is 9.10. The number of hydrogen-bond acceptors (Lipinski definition) is 9. The van der Waals surface area contributed by atoms with E-state index in [1.54, 1.807) is 26.0 Å². The second-order valence-corrected chi connectivity index (χ2v) is 7.58. The third kappa shape index (κ3) is 5.55. The first-order chi connectivity index (χ1) is 15.7. The number of carbonyl (C=O) groups excluding carboxylic acids is 2. The molecule has 1 aliphatic heterocycles. The lowest BCUT2D eigenvalue weighted by molar-refractivity contribution is -0.385. The number of nitrogens with zero attached hydrogens (tertiary/aromatic N) is 2. The van der Waals surface area contributed by atoms with E-state index in [0.29, 0.717) is 39.3 Å². The molecule has 1 heterocycles. The molecule has 172 valence electrons. The minimum atomic E-state index is -0.666. The number of ether oxygens (including phenoxy) is 4. The second-order valence-electron chi connectivity index (χ2n) is 6.72. The molecule has 0 radical (unpaired) electrons. The highest BCUT2D eigenvalue weighted by Gasteiger charge is 2.26. The number of cyclic esters (lactones) is 1. The molecule has 0 N–H and O–H groups in total. The fraction of sp³-hybridized carbons (Fsp3) is 0.227. The highest BCUT2D eigenvalue weighted by Crippen LogP contribution is 2.38. The van der Waals surface area contributed by atoms with E-state index in [-0.39, 0.29) is 23.9 Å². The standard InChI is InChI=1S/C22H19BrN2O8/c1-4-31-18-10-13(8-15(23)20(18)32-11-19(26)30-3)9-16-22(27)33-21(24-16)14-5-6-17(25(28)29)12(2)7-14/h5-10H,4,11H2,1-3H3/b16-9-. The van der Waals surface area contributed by atoms with Gasteiger partial charge in [0.05, 0.1) is 23.1 Å². The van der Waals surface area contributed by atoms with Crippen molar-refractivity contribution in [2.75, 3.05) is 20.3 Å². The topological polar surface area (TPSA) is 127 Å². The Balaban J connectivity index is 1.92. The van der Waals surface area contributed by atoms with E-state index < -0.39 is 16.9 Å². The summed E-state index contributed by atoms with van der Waals surface area (Å²) in [4.78, 5) is 38.5. The van der Waals surface area contributed by atoms with Crippen LogP contribution in [0, 0.1) is 17.0 Å². The Kier molecular flexibility index (Phi) is 7.44. The summed E-state index contributed by atoms with van der Waals surface area (Å²) in [6, 6.07) is 7.63. The number of aliphatic imine (C=N–C) groups is 1.